The van der Waals surface area contributed by atoms with Crippen molar-refractivity contribution in [2.24, 2.45) is 5.73 Å². The fourth-order valence-corrected chi connectivity index (χ4v) is 3.33. The lowest BCUT2D eigenvalue weighted by Gasteiger charge is -2.08. The molecule has 0 spiro atoms. The molecule has 0 aliphatic rings. The van der Waals surface area contributed by atoms with Crippen LogP contribution in [0.3, 0.4) is 0 Å². The molecule has 0 aliphatic heterocycles. The predicted molar refractivity (Wildman–Crippen MR) is 85.1 cm³/mol. The van der Waals surface area contributed by atoms with E-state index in [9.17, 15) is 0 Å². The second-order valence-corrected chi connectivity index (χ2v) is 6.21. The highest BCUT2D eigenvalue weighted by molar-refractivity contribution is 7.98. The molecule has 0 saturated carbocycles. The highest BCUT2D eigenvalue weighted by Crippen LogP contribution is 2.31. The van der Waals surface area contributed by atoms with Gasteiger partial charge in [0.2, 0.25) is 0 Å². The Morgan fingerprint density at radius 1 is 1.05 bits per heavy atom. The molecule has 2 aromatic rings. The quantitative estimate of drug-likeness (QED) is 0.775. The zero-order valence-electron chi connectivity index (χ0n) is 10.6. The van der Waals surface area contributed by atoms with Crippen LogP contribution < -0.4 is 5.73 Å². The van der Waals surface area contributed by atoms with E-state index in [1.807, 2.05) is 25.1 Å². The minimum absolute atomic E-state index is 0.0667. The molecule has 4 heteroatoms. The van der Waals surface area contributed by atoms with Crippen LogP contribution in [-0.4, -0.2) is 0 Å². The van der Waals surface area contributed by atoms with Crippen LogP contribution in [-0.2, 0) is 5.75 Å². The Balaban J connectivity index is 2.06. The van der Waals surface area contributed by atoms with Gasteiger partial charge in [0.1, 0.15) is 0 Å². The number of hydrogen-bond donors (Lipinski definition) is 1. The molecule has 2 rings (SSSR count). The summed E-state index contributed by atoms with van der Waals surface area (Å²) in [5, 5.41) is 1.43. The van der Waals surface area contributed by atoms with Gasteiger partial charge in [-0.2, -0.15) is 0 Å². The summed E-state index contributed by atoms with van der Waals surface area (Å²) in [6, 6.07) is 13.9. The lowest BCUT2D eigenvalue weighted by Crippen LogP contribution is -2.04. The second kappa shape index (κ2) is 6.67. The number of rotatable bonds is 4. The molecule has 19 heavy (non-hydrogen) atoms. The third kappa shape index (κ3) is 3.90. The van der Waals surface area contributed by atoms with Crippen molar-refractivity contribution in [1.29, 1.82) is 0 Å². The van der Waals surface area contributed by atoms with Gasteiger partial charge in [0.05, 0.1) is 0 Å². The molecule has 2 aromatic carbocycles. The molecule has 0 radical (unpaired) electrons. The van der Waals surface area contributed by atoms with Crippen LogP contribution in [0.5, 0.6) is 0 Å². The number of benzene rings is 2. The first kappa shape index (κ1) is 14.7. The van der Waals surface area contributed by atoms with Gasteiger partial charge in [0.15, 0.2) is 0 Å². The smallest absolute Gasteiger partial charge is 0.0461 e. The SMILES string of the molecule is CC(N)c1ccc(SCc2c(Cl)cccc2Cl)cc1. The molecule has 0 amide bonds. The van der Waals surface area contributed by atoms with Gasteiger partial charge in [-0.25, -0.2) is 0 Å². The highest BCUT2D eigenvalue weighted by atomic mass is 35.5. The maximum Gasteiger partial charge on any atom is 0.0461 e. The Kier molecular flexibility index (Phi) is 5.17. The number of hydrogen-bond acceptors (Lipinski definition) is 2. The van der Waals surface area contributed by atoms with Crippen molar-refractivity contribution in [2.45, 2.75) is 23.6 Å². The monoisotopic (exact) mass is 311 g/mol. The molecule has 1 nitrogen and oxygen atoms in total. The fraction of sp³-hybridized carbons (Fsp3) is 0.200. The standard InChI is InChI=1S/C15H15Cl2NS/c1-10(18)11-5-7-12(8-6-11)19-9-13-14(16)3-2-4-15(13)17/h2-8,10H,9,18H2,1H3. The van der Waals surface area contributed by atoms with Crippen LogP contribution in [0, 0.1) is 0 Å². The van der Waals surface area contributed by atoms with E-state index in [2.05, 4.69) is 24.3 Å². The average molecular weight is 312 g/mol. The summed E-state index contributed by atoms with van der Waals surface area (Å²) in [4.78, 5) is 1.18. The Morgan fingerprint density at radius 3 is 2.16 bits per heavy atom. The molecule has 2 N–H and O–H groups in total. The van der Waals surface area contributed by atoms with E-state index in [0.717, 1.165) is 16.9 Å². The van der Waals surface area contributed by atoms with E-state index < -0.39 is 0 Å². The minimum atomic E-state index is 0.0667. The molecule has 1 unspecified atom stereocenters. The number of halogens is 2. The Morgan fingerprint density at radius 2 is 1.63 bits per heavy atom. The van der Waals surface area contributed by atoms with Crippen LogP contribution in [0.2, 0.25) is 10.0 Å². The molecular weight excluding hydrogens is 297 g/mol. The summed E-state index contributed by atoms with van der Waals surface area (Å²) in [6.45, 7) is 1.98. The first-order chi connectivity index (χ1) is 9.08. The maximum absolute atomic E-state index is 6.15. The largest absolute Gasteiger partial charge is 0.324 e. The highest BCUT2D eigenvalue weighted by Gasteiger charge is 2.06. The molecule has 0 saturated heterocycles. The Hall–Kier alpha value is -0.670. The van der Waals surface area contributed by atoms with Crippen molar-refractivity contribution in [3.05, 3.63) is 63.6 Å². The van der Waals surface area contributed by atoms with Crippen LogP contribution in [0.25, 0.3) is 0 Å². The van der Waals surface area contributed by atoms with Crippen LogP contribution in [0.15, 0.2) is 47.4 Å². The predicted octanol–water partition coefficient (Wildman–Crippen LogP) is 5.31. The van der Waals surface area contributed by atoms with Gasteiger partial charge in [0.25, 0.3) is 0 Å². The maximum atomic E-state index is 6.15. The van der Waals surface area contributed by atoms with Gasteiger partial charge in [-0.1, -0.05) is 41.4 Å². The summed E-state index contributed by atoms with van der Waals surface area (Å²) in [5.41, 5.74) is 7.94. The summed E-state index contributed by atoms with van der Waals surface area (Å²) in [5.74, 6) is 0.760. The van der Waals surface area contributed by atoms with E-state index in [-0.39, 0.29) is 6.04 Å². The molecule has 0 fully saturated rings. The average Bonchev–Trinajstić information content (AvgIpc) is 2.38. The van der Waals surface area contributed by atoms with Crippen molar-refractivity contribution >= 4 is 35.0 Å². The van der Waals surface area contributed by atoms with Gasteiger partial charge in [0, 0.05) is 26.7 Å². The minimum Gasteiger partial charge on any atom is -0.324 e. The van der Waals surface area contributed by atoms with E-state index >= 15 is 0 Å². The van der Waals surface area contributed by atoms with Crippen LogP contribution in [0.4, 0.5) is 0 Å². The first-order valence-electron chi connectivity index (χ1n) is 5.99. The zero-order valence-corrected chi connectivity index (χ0v) is 12.9. The zero-order chi connectivity index (χ0) is 13.8. The molecule has 0 heterocycles. The third-order valence-electron chi connectivity index (χ3n) is 2.85. The summed E-state index contributed by atoms with van der Waals surface area (Å²) in [7, 11) is 0. The lowest BCUT2D eigenvalue weighted by molar-refractivity contribution is 0.817. The van der Waals surface area contributed by atoms with Crippen LogP contribution >= 0.6 is 35.0 Å². The number of thioether (sulfide) groups is 1. The second-order valence-electron chi connectivity index (χ2n) is 4.35. The normalized spacial score (nSPS) is 12.4. The number of nitrogens with two attached hydrogens (primary N) is 1. The van der Waals surface area contributed by atoms with E-state index in [1.165, 1.54) is 4.90 Å². The molecule has 0 aliphatic carbocycles. The summed E-state index contributed by atoms with van der Waals surface area (Å²) in [6.07, 6.45) is 0. The topological polar surface area (TPSA) is 26.0 Å². The Labute approximate surface area is 128 Å². The van der Waals surface area contributed by atoms with Gasteiger partial charge >= 0.3 is 0 Å². The van der Waals surface area contributed by atoms with Crippen molar-refractivity contribution < 1.29 is 0 Å². The third-order valence-corrected chi connectivity index (χ3v) is 4.60. The molecule has 0 aromatic heterocycles. The molecule has 1 atom stereocenters. The summed E-state index contributed by atoms with van der Waals surface area (Å²) < 4.78 is 0. The van der Waals surface area contributed by atoms with Gasteiger partial charge in [-0.05, 0) is 42.3 Å². The summed E-state index contributed by atoms with van der Waals surface area (Å²) >= 11 is 14.0. The van der Waals surface area contributed by atoms with E-state index in [1.54, 1.807) is 11.8 Å². The van der Waals surface area contributed by atoms with Gasteiger partial charge in [-0.15, -0.1) is 11.8 Å². The molecular formula is C15H15Cl2NS. The van der Waals surface area contributed by atoms with Crippen molar-refractivity contribution in [3.63, 3.8) is 0 Å². The van der Waals surface area contributed by atoms with Gasteiger partial charge < -0.3 is 5.73 Å². The van der Waals surface area contributed by atoms with Crippen LogP contribution in [0.1, 0.15) is 24.1 Å². The van der Waals surface area contributed by atoms with Crippen molar-refractivity contribution in [1.82, 2.24) is 0 Å². The Bertz CT molecular complexity index is 532. The van der Waals surface area contributed by atoms with Crippen molar-refractivity contribution in [2.75, 3.05) is 0 Å². The lowest BCUT2D eigenvalue weighted by atomic mass is 10.1. The fourth-order valence-electron chi connectivity index (χ4n) is 1.69. The molecule has 100 valence electrons. The van der Waals surface area contributed by atoms with Crippen molar-refractivity contribution in [3.8, 4) is 0 Å². The van der Waals surface area contributed by atoms with E-state index in [0.29, 0.717) is 10.0 Å². The van der Waals surface area contributed by atoms with Gasteiger partial charge in [-0.3, -0.25) is 0 Å². The molecule has 0 bridgehead atoms. The van der Waals surface area contributed by atoms with E-state index in [4.69, 9.17) is 28.9 Å². The first-order valence-corrected chi connectivity index (χ1v) is 7.73.